The molecule has 6 aromatic rings. The van der Waals surface area contributed by atoms with Crippen molar-refractivity contribution < 1.29 is 28.2 Å². The van der Waals surface area contributed by atoms with Gasteiger partial charge in [0.05, 0.1) is 51.3 Å². The van der Waals surface area contributed by atoms with Crippen molar-refractivity contribution in [3.8, 4) is 0 Å². The van der Waals surface area contributed by atoms with E-state index in [1.807, 2.05) is 133 Å². The molecule has 1 aliphatic carbocycles. The first kappa shape index (κ1) is 35.8. The Morgan fingerprint density at radius 2 is 1.02 bits per heavy atom. The molecule has 6 aromatic carbocycles. The summed E-state index contributed by atoms with van der Waals surface area (Å²) in [6.07, 6.45) is -5.39. The van der Waals surface area contributed by atoms with Crippen molar-refractivity contribution in [2.75, 3.05) is 6.61 Å². The maximum Gasteiger partial charge on any atom is 0.111 e. The average Bonchev–Trinajstić information content (AvgIpc) is 3.27. The molecule has 1 N–H and O–H groups in total. The second-order valence-electron chi connectivity index (χ2n) is 14.2. The molecule has 0 unspecified atom stereocenters. The van der Waals surface area contributed by atoms with E-state index < -0.39 is 42.6 Å². The summed E-state index contributed by atoms with van der Waals surface area (Å²) >= 11 is 6.86. The summed E-state index contributed by atoms with van der Waals surface area (Å²) in [5.41, 5.74) is 6.02. The Bertz CT molecular complexity index is 2200. The number of benzene rings is 6. The van der Waals surface area contributed by atoms with E-state index in [2.05, 4.69) is 6.92 Å². The molecule has 0 amide bonds. The van der Waals surface area contributed by atoms with Gasteiger partial charge in [-0.15, -0.1) is 0 Å². The minimum absolute atomic E-state index is 0.154. The maximum atomic E-state index is 12.9. The highest BCUT2D eigenvalue weighted by Crippen LogP contribution is 2.44. The van der Waals surface area contributed by atoms with Gasteiger partial charge in [-0.25, -0.2) is 0 Å². The number of halogens is 1. The van der Waals surface area contributed by atoms with Crippen LogP contribution in [0.3, 0.4) is 0 Å². The standard InChI is InChI=1S/C50H51ClO5/c1-2-36-23-25-37(26-24-36)29-43-30-42(27-28-45(43)51)46-47(52)44(35-53-31-38-15-7-3-8-16-38)48(54-32-39-17-9-4-10-18-39)50(56-34-41-21-13-6-14-22-41)49(46)55-33-40-19-11-5-12-20-40/h3-28,30,44,46-50,52H,2,29,31-35H2,1H3/t44-,46+,47-,48+,49-,50-/m0/s1/i29D2,44D. The number of rotatable bonds is 17. The van der Waals surface area contributed by atoms with Crippen LogP contribution in [0.5, 0.6) is 0 Å². The predicted molar refractivity (Wildman–Crippen MR) is 223 cm³/mol. The third kappa shape index (κ3) is 10.4. The van der Waals surface area contributed by atoms with Crippen molar-refractivity contribution in [3.05, 3.63) is 213 Å². The van der Waals surface area contributed by atoms with E-state index in [0.717, 1.165) is 34.2 Å². The van der Waals surface area contributed by atoms with E-state index in [9.17, 15) is 9.22 Å². The molecular weight excluding hydrogens is 716 g/mol. The highest BCUT2D eigenvalue weighted by Gasteiger charge is 2.53. The van der Waals surface area contributed by atoms with E-state index in [0.29, 0.717) is 11.1 Å². The van der Waals surface area contributed by atoms with Crippen molar-refractivity contribution >= 4 is 11.6 Å². The zero-order chi connectivity index (χ0) is 41.2. The molecule has 6 heteroatoms. The van der Waals surface area contributed by atoms with Gasteiger partial charge >= 0.3 is 0 Å². The number of aliphatic hydroxyl groups is 1. The largest absolute Gasteiger partial charge is 0.392 e. The second kappa shape index (κ2) is 20.0. The molecule has 1 aliphatic rings. The maximum absolute atomic E-state index is 12.9. The normalized spacial score (nSPS) is 23.2. The molecule has 0 aliphatic heterocycles. The van der Waals surface area contributed by atoms with Gasteiger partial charge in [0.2, 0.25) is 0 Å². The zero-order valence-corrected chi connectivity index (χ0v) is 32.4. The van der Waals surface area contributed by atoms with Gasteiger partial charge in [-0.3, -0.25) is 0 Å². The van der Waals surface area contributed by atoms with Crippen LogP contribution in [0.2, 0.25) is 5.02 Å². The monoisotopic (exact) mass is 769 g/mol. The Morgan fingerprint density at radius 1 is 0.554 bits per heavy atom. The summed E-state index contributed by atoms with van der Waals surface area (Å²) < 4.78 is 56.1. The number of aliphatic hydroxyl groups excluding tert-OH is 1. The Labute approximate surface area is 341 Å². The van der Waals surface area contributed by atoms with Crippen LogP contribution in [0.1, 0.15) is 61.5 Å². The summed E-state index contributed by atoms with van der Waals surface area (Å²) in [5.74, 6) is -2.69. The Hall–Kier alpha value is -4.59. The predicted octanol–water partition coefficient (Wildman–Crippen LogP) is 10.5. The first-order valence-electron chi connectivity index (χ1n) is 20.8. The highest BCUT2D eigenvalue weighted by atomic mass is 35.5. The lowest BCUT2D eigenvalue weighted by Crippen LogP contribution is -2.60. The van der Waals surface area contributed by atoms with Gasteiger partial charge in [0.25, 0.3) is 0 Å². The molecule has 1 saturated carbocycles. The lowest BCUT2D eigenvalue weighted by molar-refractivity contribution is -0.228. The van der Waals surface area contributed by atoms with Gasteiger partial charge in [0.15, 0.2) is 0 Å². The van der Waals surface area contributed by atoms with Gasteiger partial charge in [0, 0.05) is 20.9 Å². The molecule has 0 heterocycles. The van der Waals surface area contributed by atoms with E-state index in [-0.39, 0.29) is 43.6 Å². The summed E-state index contributed by atoms with van der Waals surface area (Å²) in [7, 11) is 0. The Kier molecular flexibility index (Phi) is 12.8. The molecule has 1 fully saturated rings. The Morgan fingerprint density at radius 3 is 1.54 bits per heavy atom. The molecule has 0 aromatic heterocycles. The second-order valence-corrected chi connectivity index (χ2v) is 14.6. The van der Waals surface area contributed by atoms with Crippen molar-refractivity contribution in [1.82, 2.24) is 0 Å². The number of ether oxygens (including phenoxy) is 4. The fourth-order valence-electron chi connectivity index (χ4n) is 7.27. The van der Waals surface area contributed by atoms with Crippen molar-refractivity contribution in [2.24, 2.45) is 5.89 Å². The van der Waals surface area contributed by atoms with Gasteiger partial charge in [-0.1, -0.05) is 176 Å². The molecule has 5 nitrogen and oxygen atoms in total. The van der Waals surface area contributed by atoms with Crippen molar-refractivity contribution in [1.29, 1.82) is 0 Å². The molecule has 6 atom stereocenters. The third-order valence-electron chi connectivity index (χ3n) is 10.3. The average molecular weight is 770 g/mol. The fourth-order valence-corrected chi connectivity index (χ4v) is 7.43. The minimum Gasteiger partial charge on any atom is -0.392 e. The van der Waals surface area contributed by atoms with Crippen LogP contribution < -0.4 is 0 Å². The van der Waals surface area contributed by atoms with Crippen LogP contribution >= 0.6 is 11.6 Å². The van der Waals surface area contributed by atoms with Crippen LogP contribution in [-0.4, -0.2) is 36.1 Å². The number of hydrogen-bond donors (Lipinski definition) is 1. The topological polar surface area (TPSA) is 57.2 Å². The SMILES string of the molecule is [2H]C([2H])(c1ccc(CC)cc1)c1cc([C@H]2[C@H](OCc3ccccc3)[C@@H](OCc3ccccc3)[C@H](OCc3ccccc3)[C@@]([2H])(COCc3ccccc3)[C@@H]2O)ccc1Cl. The van der Waals surface area contributed by atoms with E-state index in [1.54, 1.807) is 30.3 Å². The Balaban J connectivity index is 1.35. The number of hydrogen-bond acceptors (Lipinski definition) is 5. The van der Waals surface area contributed by atoms with Crippen LogP contribution in [0.25, 0.3) is 0 Å². The van der Waals surface area contributed by atoms with Gasteiger partial charge in [-0.05, 0) is 63.4 Å². The lowest BCUT2D eigenvalue weighted by atomic mass is 9.70. The molecule has 0 spiro atoms. The molecular formula is C50H51ClO5. The van der Waals surface area contributed by atoms with Crippen LogP contribution in [0.4, 0.5) is 0 Å². The van der Waals surface area contributed by atoms with E-state index in [4.69, 9.17) is 30.5 Å². The molecule has 56 heavy (non-hydrogen) atoms. The first-order chi connectivity index (χ1) is 28.7. The molecule has 288 valence electrons. The summed E-state index contributed by atoms with van der Waals surface area (Å²) in [6.45, 7) is 2.61. The van der Waals surface area contributed by atoms with Crippen LogP contribution in [0, 0.1) is 5.89 Å². The third-order valence-corrected chi connectivity index (χ3v) is 10.6. The molecule has 0 bridgehead atoms. The summed E-state index contributed by atoms with van der Waals surface area (Å²) in [6, 6.07) is 51.7. The van der Waals surface area contributed by atoms with Crippen molar-refractivity contribution in [2.45, 2.75) is 76.5 Å². The van der Waals surface area contributed by atoms with E-state index >= 15 is 0 Å². The van der Waals surface area contributed by atoms with Crippen molar-refractivity contribution in [3.63, 3.8) is 0 Å². The highest BCUT2D eigenvalue weighted by molar-refractivity contribution is 6.31. The van der Waals surface area contributed by atoms with Gasteiger partial charge < -0.3 is 24.1 Å². The molecule has 0 saturated heterocycles. The summed E-state index contributed by atoms with van der Waals surface area (Å²) in [4.78, 5) is 0. The van der Waals surface area contributed by atoms with Crippen LogP contribution in [-0.2, 0) is 58.2 Å². The summed E-state index contributed by atoms with van der Waals surface area (Å²) in [5, 5.41) is 13.1. The van der Waals surface area contributed by atoms with Gasteiger partial charge in [-0.2, -0.15) is 0 Å². The quantitative estimate of drug-likeness (QED) is 0.100. The van der Waals surface area contributed by atoms with E-state index in [1.165, 1.54) is 0 Å². The zero-order valence-electron chi connectivity index (χ0n) is 34.7. The van der Waals surface area contributed by atoms with Gasteiger partial charge in [0.1, 0.15) is 6.10 Å². The first-order valence-corrected chi connectivity index (χ1v) is 19.7. The molecule has 7 rings (SSSR count). The smallest absolute Gasteiger partial charge is 0.111 e. The van der Waals surface area contributed by atoms with Crippen LogP contribution in [0.15, 0.2) is 164 Å². The fraction of sp³-hybridized carbons (Fsp3) is 0.280. The lowest BCUT2D eigenvalue weighted by Gasteiger charge is -2.49. The molecule has 0 radical (unpaired) electrons. The minimum atomic E-state index is -1.99. The number of aryl methyl sites for hydroxylation is 1.